The van der Waals surface area contributed by atoms with Crippen LogP contribution >= 0.6 is 0 Å². The minimum atomic E-state index is -4.88. The average molecular weight is 431 g/mol. The van der Waals surface area contributed by atoms with Crippen molar-refractivity contribution in [2.45, 2.75) is 71.1 Å². The van der Waals surface area contributed by atoms with E-state index in [-0.39, 0.29) is 41.9 Å². The summed E-state index contributed by atoms with van der Waals surface area (Å²) in [6, 6.07) is 7.46. The zero-order valence-electron chi connectivity index (χ0n) is 15.4. The molecule has 0 aromatic heterocycles. The van der Waals surface area contributed by atoms with Crippen molar-refractivity contribution in [1.29, 1.82) is 0 Å². The molecule has 0 saturated heterocycles. The molecular formula is C18H31NaO6S2. The molecule has 0 saturated carbocycles. The summed E-state index contributed by atoms with van der Waals surface area (Å²) in [5.74, 6) is -0.0707. The van der Waals surface area contributed by atoms with Gasteiger partial charge in [-0.2, -0.15) is 16.8 Å². The van der Waals surface area contributed by atoms with Gasteiger partial charge in [0.05, 0.1) is 6.61 Å². The molecule has 0 atom stereocenters. The van der Waals surface area contributed by atoms with Crippen LogP contribution in [0.1, 0.15) is 71.1 Å². The number of unbranched alkanes of at least 4 members (excludes halogenated alkanes) is 9. The van der Waals surface area contributed by atoms with Crippen molar-refractivity contribution in [1.82, 2.24) is 0 Å². The van der Waals surface area contributed by atoms with Gasteiger partial charge in [-0.1, -0.05) is 82.9 Å². The van der Waals surface area contributed by atoms with Crippen molar-refractivity contribution >= 4 is 47.9 Å². The molecule has 0 amide bonds. The third-order valence-corrected chi connectivity index (χ3v) is 7.26. The monoisotopic (exact) mass is 430 g/mol. The number of para-hydroxylation sites is 1. The van der Waals surface area contributed by atoms with E-state index in [2.05, 4.69) is 15.3 Å². The van der Waals surface area contributed by atoms with Gasteiger partial charge in [-0.05, 0) is 18.6 Å². The Morgan fingerprint density at radius 2 is 1.19 bits per heavy atom. The molecular weight excluding hydrogens is 399 g/mol. The van der Waals surface area contributed by atoms with Crippen molar-refractivity contribution in [3.8, 4) is 5.75 Å². The second-order valence-corrected chi connectivity index (χ2v) is 10.7. The number of hydrogen-bond donors (Lipinski definition) is 0. The molecule has 152 valence electrons. The first-order valence-corrected chi connectivity index (χ1v) is 12.6. The Kier molecular flexibility index (Phi) is 14.8. The van der Waals surface area contributed by atoms with E-state index in [1.54, 1.807) is 18.2 Å². The quantitative estimate of drug-likeness (QED) is 0.238. The second kappa shape index (κ2) is 14.8. The van der Waals surface area contributed by atoms with Crippen LogP contribution < -0.4 is 4.18 Å². The summed E-state index contributed by atoms with van der Waals surface area (Å²) in [7, 11) is -9.69. The molecule has 0 aliphatic rings. The summed E-state index contributed by atoms with van der Waals surface area (Å²) >= 11 is 0. The van der Waals surface area contributed by atoms with Crippen molar-refractivity contribution in [2.75, 3.05) is 6.61 Å². The molecule has 0 aliphatic carbocycles. The number of hydrogen-bond acceptors (Lipinski definition) is 6. The molecule has 0 bridgehead atoms. The molecule has 9 heteroatoms. The first kappa shape index (κ1) is 26.9. The van der Waals surface area contributed by atoms with E-state index in [1.165, 1.54) is 50.7 Å². The summed E-state index contributed by atoms with van der Waals surface area (Å²) in [5.41, 5.74) is 0. The fourth-order valence-electron chi connectivity index (χ4n) is 2.44. The van der Waals surface area contributed by atoms with Crippen LogP contribution in [0.2, 0.25) is 0 Å². The predicted molar refractivity (Wildman–Crippen MR) is 110 cm³/mol. The van der Waals surface area contributed by atoms with Gasteiger partial charge in [-0.3, -0.25) is 4.18 Å². The van der Waals surface area contributed by atoms with E-state index in [1.807, 2.05) is 0 Å². The van der Waals surface area contributed by atoms with Gasteiger partial charge >= 0.3 is 47.9 Å². The van der Waals surface area contributed by atoms with Crippen LogP contribution in [0.25, 0.3) is 0 Å². The van der Waals surface area contributed by atoms with Crippen LogP contribution in [0.4, 0.5) is 0 Å². The van der Waals surface area contributed by atoms with Gasteiger partial charge in [0.25, 0.3) is 0 Å². The molecule has 1 aromatic carbocycles. The molecule has 0 radical (unpaired) electrons. The van der Waals surface area contributed by atoms with E-state index in [9.17, 15) is 16.8 Å². The van der Waals surface area contributed by atoms with Gasteiger partial charge in [0.2, 0.25) is 0 Å². The van der Waals surface area contributed by atoms with Crippen molar-refractivity contribution in [3.05, 3.63) is 30.3 Å². The average Bonchev–Trinajstić information content (AvgIpc) is 2.60. The predicted octanol–water partition coefficient (Wildman–Crippen LogP) is 3.93. The number of rotatable bonds is 15. The van der Waals surface area contributed by atoms with Crippen LogP contribution in [0.5, 0.6) is 5.75 Å². The molecule has 0 heterocycles. The van der Waals surface area contributed by atoms with Gasteiger partial charge in [-0.25, -0.2) is 0 Å². The van der Waals surface area contributed by atoms with Gasteiger partial charge in [-0.15, -0.1) is 0 Å². The van der Waals surface area contributed by atoms with Crippen LogP contribution in [-0.4, -0.2) is 53.0 Å². The van der Waals surface area contributed by atoms with Gasteiger partial charge < -0.3 is 4.18 Å². The van der Waals surface area contributed by atoms with Crippen molar-refractivity contribution in [3.63, 3.8) is 0 Å². The Labute approximate surface area is 186 Å². The Morgan fingerprint density at radius 1 is 0.704 bits per heavy atom. The van der Waals surface area contributed by atoms with E-state index in [0.29, 0.717) is 6.42 Å². The van der Waals surface area contributed by atoms with Crippen LogP contribution in [-0.2, 0) is 22.5 Å². The fraction of sp³-hybridized carbons (Fsp3) is 0.667. The maximum absolute atomic E-state index is 11.8. The summed E-state index contributed by atoms with van der Waals surface area (Å²) < 4.78 is 56.3. The third kappa shape index (κ3) is 11.5. The summed E-state index contributed by atoms with van der Waals surface area (Å²) in [6.45, 7) is 2.04. The standard InChI is InChI=1S/C18H30O6S2.Na.H/c1-2-3-4-5-6-7-8-9-10-14-17-23-25(19,20)26(21,22)24-18-15-12-11-13-16-18;;/h11-13,15-16H,2-10,14,17H2,1H3;;. The van der Waals surface area contributed by atoms with Crippen molar-refractivity contribution in [2.24, 2.45) is 0 Å². The minimum absolute atomic E-state index is 0. The van der Waals surface area contributed by atoms with E-state index >= 15 is 0 Å². The molecule has 0 fully saturated rings. The van der Waals surface area contributed by atoms with Crippen LogP contribution in [0.15, 0.2) is 30.3 Å². The molecule has 1 rings (SSSR count). The summed E-state index contributed by atoms with van der Waals surface area (Å²) in [5, 5.41) is 0. The molecule has 27 heavy (non-hydrogen) atoms. The zero-order valence-corrected chi connectivity index (χ0v) is 17.1. The second-order valence-electron chi connectivity index (χ2n) is 6.22. The molecule has 0 aliphatic heterocycles. The van der Waals surface area contributed by atoms with Gasteiger partial charge in [0.15, 0.2) is 0 Å². The molecule has 0 spiro atoms. The van der Waals surface area contributed by atoms with E-state index < -0.39 is 18.3 Å². The Morgan fingerprint density at radius 3 is 1.70 bits per heavy atom. The van der Waals surface area contributed by atoms with Crippen molar-refractivity contribution < 1.29 is 25.2 Å². The van der Waals surface area contributed by atoms with Gasteiger partial charge in [0.1, 0.15) is 5.75 Å². The maximum atomic E-state index is 11.8. The Balaban J connectivity index is 0.00000676. The first-order chi connectivity index (χ1) is 12.4. The Hall–Kier alpha value is -0.120. The fourth-order valence-corrected chi connectivity index (χ4v) is 4.36. The molecule has 0 unspecified atom stereocenters. The Bertz CT molecular complexity index is 690. The van der Waals surface area contributed by atoms with Gasteiger partial charge in [0, 0.05) is 0 Å². The third-order valence-electron chi connectivity index (χ3n) is 3.92. The topological polar surface area (TPSA) is 86.7 Å². The zero-order chi connectivity index (χ0) is 19.3. The molecule has 0 N–H and O–H groups in total. The number of benzene rings is 1. The van der Waals surface area contributed by atoms with Crippen LogP contribution in [0, 0.1) is 0 Å². The van der Waals surface area contributed by atoms with E-state index in [4.69, 9.17) is 0 Å². The molecule has 6 nitrogen and oxygen atoms in total. The normalized spacial score (nSPS) is 11.7. The molecule has 1 aromatic rings. The van der Waals surface area contributed by atoms with Crippen LogP contribution in [0.3, 0.4) is 0 Å². The summed E-state index contributed by atoms with van der Waals surface area (Å²) in [4.78, 5) is 0. The van der Waals surface area contributed by atoms with E-state index in [0.717, 1.165) is 19.3 Å². The SMILES string of the molecule is CCCCCCCCCCCCOS(=O)(=O)S(=O)(=O)Oc1ccccc1.[NaH]. The summed E-state index contributed by atoms with van der Waals surface area (Å²) in [6.07, 6.45) is 10.9. The first-order valence-electron chi connectivity index (χ1n) is 9.28.